The Morgan fingerprint density at radius 1 is 1.30 bits per heavy atom. The molecule has 6 heteroatoms. The average molecular weight is 278 g/mol. The van der Waals surface area contributed by atoms with Gasteiger partial charge in [-0.3, -0.25) is 9.59 Å². The third-order valence-corrected chi connectivity index (χ3v) is 3.34. The highest BCUT2D eigenvalue weighted by atomic mass is 16.4. The zero-order valence-electron chi connectivity index (χ0n) is 11.0. The summed E-state index contributed by atoms with van der Waals surface area (Å²) in [6.07, 6.45) is -0.139. The van der Waals surface area contributed by atoms with Crippen molar-refractivity contribution in [3.63, 3.8) is 0 Å². The Morgan fingerprint density at radius 2 is 2.00 bits per heavy atom. The Kier molecular flexibility index (Phi) is 4.70. The van der Waals surface area contributed by atoms with Crippen LogP contribution in [0.3, 0.4) is 0 Å². The third kappa shape index (κ3) is 3.79. The van der Waals surface area contributed by atoms with E-state index >= 15 is 0 Å². The van der Waals surface area contributed by atoms with Gasteiger partial charge in [-0.1, -0.05) is 24.3 Å². The number of benzene rings is 1. The van der Waals surface area contributed by atoms with E-state index in [4.69, 9.17) is 5.11 Å². The van der Waals surface area contributed by atoms with Crippen molar-refractivity contribution in [3.05, 3.63) is 35.4 Å². The van der Waals surface area contributed by atoms with Crippen molar-refractivity contribution in [3.8, 4) is 0 Å². The Balaban J connectivity index is 1.93. The molecule has 1 aliphatic rings. The molecule has 0 bridgehead atoms. The van der Waals surface area contributed by atoms with Crippen LogP contribution in [0.2, 0.25) is 0 Å². The molecule has 1 aliphatic heterocycles. The van der Waals surface area contributed by atoms with E-state index < -0.39 is 12.1 Å². The summed E-state index contributed by atoms with van der Waals surface area (Å²) in [5.41, 5.74) is 1.49. The van der Waals surface area contributed by atoms with Gasteiger partial charge in [0.05, 0.1) is 18.6 Å². The number of aliphatic hydroxyl groups is 1. The fourth-order valence-corrected chi connectivity index (χ4v) is 2.29. The number of carbonyl (C=O) groups is 2. The molecule has 0 aliphatic carbocycles. The van der Waals surface area contributed by atoms with E-state index in [1.165, 1.54) is 0 Å². The molecule has 4 N–H and O–H groups in total. The molecule has 0 spiro atoms. The predicted molar refractivity (Wildman–Crippen MR) is 72.0 cm³/mol. The molecule has 20 heavy (non-hydrogen) atoms. The third-order valence-electron chi connectivity index (χ3n) is 3.34. The second kappa shape index (κ2) is 6.49. The van der Waals surface area contributed by atoms with Crippen molar-refractivity contribution in [1.82, 2.24) is 10.6 Å². The van der Waals surface area contributed by atoms with Crippen molar-refractivity contribution in [2.45, 2.75) is 31.5 Å². The molecule has 1 heterocycles. The zero-order chi connectivity index (χ0) is 14.5. The lowest BCUT2D eigenvalue weighted by atomic mass is 10.0. The van der Waals surface area contributed by atoms with Crippen molar-refractivity contribution in [1.29, 1.82) is 0 Å². The molecular formula is C14H18N2O4. The van der Waals surface area contributed by atoms with Gasteiger partial charge in [0.1, 0.15) is 0 Å². The fraction of sp³-hybridized carbons (Fsp3) is 0.429. The van der Waals surface area contributed by atoms with Crippen LogP contribution in [0, 0.1) is 0 Å². The van der Waals surface area contributed by atoms with Crippen molar-refractivity contribution in [2.24, 2.45) is 0 Å². The second-order valence-electron chi connectivity index (χ2n) is 4.91. The number of amides is 1. The summed E-state index contributed by atoms with van der Waals surface area (Å²) in [6.45, 7) is 0.713. The van der Waals surface area contributed by atoms with Gasteiger partial charge in [0, 0.05) is 13.1 Å². The summed E-state index contributed by atoms with van der Waals surface area (Å²) in [7, 11) is 0. The van der Waals surface area contributed by atoms with E-state index in [1.54, 1.807) is 18.2 Å². The molecule has 0 aromatic heterocycles. The first-order valence-corrected chi connectivity index (χ1v) is 6.54. The van der Waals surface area contributed by atoms with E-state index in [9.17, 15) is 14.7 Å². The number of β-amino-alcohol motifs (C(OH)–C–C–N with tert-alkyl or cyclic N) is 1. The molecule has 6 nitrogen and oxygen atoms in total. The standard InChI is InChI=1S/C14H18N2O4/c17-11-6-12(15-8-11)14(20)16-7-10-4-2-1-3-9(10)5-13(18)19/h1-4,11-12,15,17H,5-8H2,(H,16,20)(H,18,19). The second-order valence-corrected chi connectivity index (χ2v) is 4.91. The SMILES string of the molecule is O=C(O)Cc1ccccc1CNC(=O)C1CC(O)CN1. The topological polar surface area (TPSA) is 98.7 Å². The summed E-state index contributed by atoms with van der Waals surface area (Å²) >= 11 is 0. The number of carboxylic acids is 1. The highest BCUT2D eigenvalue weighted by molar-refractivity contribution is 5.82. The first kappa shape index (κ1) is 14.5. The molecule has 1 aromatic rings. The molecule has 0 radical (unpaired) electrons. The molecule has 1 fully saturated rings. The number of aliphatic hydroxyl groups excluding tert-OH is 1. The molecule has 0 saturated carbocycles. The summed E-state index contributed by atoms with van der Waals surface area (Å²) in [5.74, 6) is -1.07. The number of hydrogen-bond acceptors (Lipinski definition) is 4. The van der Waals surface area contributed by atoms with Gasteiger partial charge in [-0.2, -0.15) is 0 Å². The van der Waals surface area contributed by atoms with Crippen molar-refractivity contribution in [2.75, 3.05) is 6.54 Å². The lowest BCUT2D eigenvalue weighted by Crippen LogP contribution is -2.40. The van der Waals surface area contributed by atoms with Crippen molar-refractivity contribution < 1.29 is 19.8 Å². The maximum absolute atomic E-state index is 11.9. The Hall–Kier alpha value is -1.92. The lowest BCUT2D eigenvalue weighted by Gasteiger charge is -2.13. The summed E-state index contributed by atoms with van der Waals surface area (Å²) in [4.78, 5) is 22.7. The minimum atomic E-state index is -0.899. The van der Waals surface area contributed by atoms with Crippen LogP contribution in [0.15, 0.2) is 24.3 Å². The molecule has 1 saturated heterocycles. The average Bonchev–Trinajstić information content (AvgIpc) is 2.83. The van der Waals surface area contributed by atoms with Gasteiger partial charge >= 0.3 is 5.97 Å². The molecule has 1 aromatic carbocycles. The molecule has 2 unspecified atom stereocenters. The highest BCUT2D eigenvalue weighted by Gasteiger charge is 2.27. The molecule has 1 amide bonds. The normalized spacial score (nSPS) is 21.6. The van der Waals surface area contributed by atoms with Crippen LogP contribution in [0.25, 0.3) is 0 Å². The maximum Gasteiger partial charge on any atom is 0.307 e. The zero-order valence-corrected chi connectivity index (χ0v) is 11.0. The van der Waals surface area contributed by atoms with Gasteiger partial charge in [-0.05, 0) is 17.5 Å². The van der Waals surface area contributed by atoms with Gasteiger partial charge < -0.3 is 20.8 Å². The van der Waals surface area contributed by atoms with E-state index in [-0.39, 0.29) is 24.9 Å². The summed E-state index contributed by atoms with van der Waals surface area (Å²) in [6, 6.07) is 6.75. The van der Waals surface area contributed by atoms with Gasteiger partial charge in [0.15, 0.2) is 0 Å². The van der Waals surface area contributed by atoms with E-state index in [1.807, 2.05) is 6.07 Å². The number of carbonyl (C=O) groups excluding carboxylic acids is 1. The van der Waals surface area contributed by atoms with Crippen LogP contribution in [-0.2, 0) is 22.6 Å². The first-order chi connectivity index (χ1) is 9.56. The lowest BCUT2D eigenvalue weighted by molar-refractivity contribution is -0.136. The molecule has 108 valence electrons. The largest absolute Gasteiger partial charge is 0.481 e. The van der Waals surface area contributed by atoms with Gasteiger partial charge in [0.25, 0.3) is 0 Å². The Morgan fingerprint density at radius 3 is 2.60 bits per heavy atom. The van der Waals surface area contributed by atoms with E-state index in [0.29, 0.717) is 18.5 Å². The van der Waals surface area contributed by atoms with Gasteiger partial charge in [-0.25, -0.2) is 0 Å². The molecule has 2 atom stereocenters. The van der Waals surface area contributed by atoms with Crippen LogP contribution in [0.1, 0.15) is 17.5 Å². The van der Waals surface area contributed by atoms with E-state index in [2.05, 4.69) is 10.6 Å². The number of aliphatic carboxylic acids is 1. The number of nitrogens with one attached hydrogen (secondary N) is 2. The Bertz CT molecular complexity index is 504. The van der Waals surface area contributed by atoms with Crippen LogP contribution in [0.4, 0.5) is 0 Å². The minimum absolute atomic E-state index is 0.0631. The quantitative estimate of drug-likeness (QED) is 0.590. The van der Waals surface area contributed by atoms with Gasteiger partial charge in [0.2, 0.25) is 5.91 Å². The minimum Gasteiger partial charge on any atom is -0.481 e. The summed E-state index contributed by atoms with van der Waals surface area (Å²) in [5, 5.41) is 23.9. The van der Waals surface area contributed by atoms with Crippen LogP contribution in [-0.4, -0.2) is 40.8 Å². The molecule has 2 rings (SSSR count). The number of carboxylic acid groups (broad SMARTS) is 1. The fourth-order valence-electron chi connectivity index (χ4n) is 2.29. The smallest absolute Gasteiger partial charge is 0.307 e. The highest BCUT2D eigenvalue weighted by Crippen LogP contribution is 2.11. The van der Waals surface area contributed by atoms with Gasteiger partial charge in [-0.15, -0.1) is 0 Å². The van der Waals surface area contributed by atoms with Crippen LogP contribution < -0.4 is 10.6 Å². The first-order valence-electron chi connectivity index (χ1n) is 6.54. The summed E-state index contributed by atoms with van der Waals surface area (Å²) < 4.78 is 0. The predicted octanol–water partition coefficient (Wildman–Crippen LogP) is -0.347. The monoisotopic (exact) mass is 278 g/mol. The van der Waals surface area contributed by atoms with Crippen LogP contribution in [0.5, 0.6) is 0 Å². The molecular weight excluding hydrogens is 260 g/mol. The Labute approximate surface area is 116 Å². The van der Waals surface area contributed by atoms with Crippen LogP contribution >= 0.6 is 0 Å². The van der Waals surface area contributed by atoms with Crippen molar-refractivity contribution >= 4 is 11.9 Å². The van der Waals surface area contributed by atoms with E-state index in [0.717, 1.165) is 5.56 Å². The number of rotatable bonds is 5. The number of hydrogen-bond donors (Lipinski definition) is 4. The maximum atomic E-state index is 11.9.